The van der Waals surface area contributed by atoms with Gasteiger partial charge in [-0.3, -0.25) is 0 Å². The van der Waals surface area contributed by atoms with E-state index < -0.39 is 0 Å². The van der Waals surface area contributed by atoms with Crippen molar-refractivity contribution in [1.29, 1.82) is 0 Å². The highest BCUT2D eigenvalue weighted by Crippen LogP contribution is 2.29. The molecule has 1 N–H and O–H groups in total. The van der Waals surface area contributed by atoms with Gasteiger partial charge in [0.05, 0.1) is 7.11 Å². The minimum atomic E-state index is 0.225. The lowest BCUT2D eigenvalue weighted by molar-refractivity contribution is 0.402. The van der Waals surface area contributed by atoms with E-state index in [1.165, 1.54) is 5.56 Å². The number of para-hydroxylation sites is 1. The molecule has 2 rings (SSSR count). The zero-order chi connectivity index (χ0) is 15.1. The highest BCUT2D eigenvalue weighted by molar-refractivity contribution is 7.99. The number of aromatic nitrogens is 3. The Bertz CT molecular complexity index is 558. The Morgan fingerprint density at radius 1 is 1.38 bits per heavy atom. The van der Waals surface area contributed by atoms with E-state index in [0.29, 0.717) is 0 Å². The highest BCUT2D eigenvalue weighted by atomic mass is 32.2. The van der Waals surface area contributed by atoms with Crippen molar-refractivity contribution in [3.63, 3.8) is 0 Å². The summed E-state index contributed by atoms with van der Waals surface area (Å²) in [5, 5.41) is 8.61. The first-order valence-corrected chi connectivity index (χ1v) is 8.08. The van der Waals surface area contributed by atoms with Gasteiger partial charge in [0.1, 0.15) is 12.1 Å². The second-order valence-corrected chi connectivity index (χ2v) is 5.71. The number of hydrogen-bond acceptors (Lipinski definition) is 5. The third kappa shape index (κ3) is 4.22. The molecule has 1 unspecified atom stereocenters. The topological polar surface area (TPSA) is 52.0 Å². The van der Waals surface area contributed by atoms with Crippen molar-refractivity contribution < 1.29 is 4.74 Å². The Morgan fingerprint density at radius 2 is 2.19 bits per heavy atom. The molecule has 2 aromatic rings. The number of benzene rings is 1. The average Bonchev–Trinajstić information content (AvgIpc) is 2.93. The number of nitrogens with one attached hydrogen (secondary N) is 1. The van der Waals surface area contributed by atoms with Gasteiger partial charge in [0.2, 0.25) is 0 Å². The third-order valence-corrected chi connectivity index (χ3v) is 4.33. The summed E-state index contributed by atoms with van der Waals surface area (Å²) in [5.41, 5.74) is 1.18. The molecule has 0 bridgehead atoms. The molecule has 6 heteroatoms. The summed E-state index contributed by atoms with van der Waals surface area (Å²) in [6, 6.07) is 8.38. The van der Waals surface area contributed by atoms with Crippen LogP contribution in [0.3, 0.4) is 0 Å². The van der Waals surface area contributed by atoms with Crippen LogP contribution < -0.4 is 10.1 Å². The maximum atomic E-state index is 5.48. The minimum absolute atomic E-state index is 0.225. The monoisotopic (exact) mass is 306 g/mol. The summed E-state index contributed by atoms with van der Waals surface area (Å²) in [4.78, 5) is 4.26. The van der Waals surface area contributed by atoms with E-state index in [2.05, 4.69) is 28.4 Å². The largest absolute Gasteiger partial charge is 0.496 e. The van der Waals surface area contributed by atoms with Crippen molar-refractivity contribution in [2.75, 3.05) is 19.4 Å². The lowest BCUT2D eigenvalue weighted by Crippen LogP contribution is -2.24. The Balaban J connectivity index is 2.12. The number of thioether (sulfide) groups is 1. The van der Waals surface area contributed by atoms with E-state index in [0.717, 1.165) is 29.6 Å². The normalized spacial score (nSPS) is 12.3. The number of nitrogens with zero attached hydrogens (tertiary/aromatic N) is 3. The molecule has 1 atom stereocenters. The molecule has 5 nitrogen and oxygen atoms in total. The van der Waals surface area contributed by atoms with Gasteiger partial charge in [0, 0.05) is 24.4 Å². The van der Waals surface area contributed by atoms with Gasteiger partial charge in [0.25, 0.3) is 0 Å². The van der Waals surface area contributed by atoms with Gasteiger partial charge in [-0.2, -0.15) is 5.10 Å². The summed E-state index contributed by atoms with van der Waals surface area (Å²) in [5.74, 6) is 1.80. The molecule has 1 aromatic heterocycles. The molecule has 1 aromatic carbocycles. The fraction of sp³-hybridized carbons (Fsp3) is 0.467. The fourth-order valence-electron chi connectivity index (χ4n) is 2.11. The van der Waals surface area contributed by atoms with E-state index in [4.69, 9.17) is 4.74 Å². The number of aryl methyl sites for hydroxylation is 1. The Hall–Kier alpha value is -1.53. The van der Waals surface area contributed by atoms with Crippen LogP contribution in [0.15, 0.2) is 35.7 Å². The molecular weight excluding hydrogens is 284 g/mol. The molecule has 0 aliphatic heterocycles. The lowest BCUT2D eigenvalue weighted by Gasteiger charge is -2.20. The Kier molecular flexibility index (Phi) is 6.07. The number of methoxy groups -OCH3 is 1. The first-order chi connectivity index (χ1) is 10.3. The quantitative estimate of drug-likeness (QED) is 0.760. The second kappa shape index (κ2) is 8.05. The summed E-state index contributed by atoms with van der Waals surface area (Å²) in [6.07, 6.45) is 2.68. The van der Waals surface area contributed by atoms with Gasteiger partial charge in [-0.25, -0.2) is 9.67 Å². The van der Waals surface area contributed by atoms with Crippen molar-refractivity contribution in [2.45, 2.75) is 24.5 Å². The van der Waals surface area contributed by atoms with Gasteiger partial charge in [-0.05, 0) is 19.0 Å². The number of rotatable bonds is 8. The predicted octanol–water partition coefficient (Wildman–Crippen LogP) is 2.66. The van der Waals surface area contributed by atoms with Crippen molar-refractivity contribution in [2.24, 2.45) is 7.05 Å². The van der Waals surface area contributed by atoms with Crippen molar-refractivity contribution in [3.8, 4) is 5.75 Å². The zero-order valence-electron chi connectivity index (χ0n) is 12.7. The van der Waals surface area contributed by atoms with Crippen LogP contribution in [-0.2, 0) is 7.05 Å². The molecule has 0 radical (unpaired) electrons. The first kappa shape index (κ1) is 15.9. The van der Waals surface area contributed by atoms with E-state index in [9.17, 15) is 0 Å². The molecule has 0 aliphatic rings. The molecule has 0 fully saturated rings. The fourth-order valence-corrected chi connectivity index (χ4v) is 3.07. The Labute approximate surface area is 130 Å². The smallest absolute Gasteiger partial charge is 0.185 e. The van der Waals surface area contributed by atoms with Crippen LogP contribution >= 0.6 is 11.8 Å². The predicted molar refractivity (Wildman–Crippen MR) is 85.8 cm³/mol. The molecule has 0 aliphatic carbocycles. The van der Waals surface area contributed by atoms with Gasteiger partial charge < -0.3 is 10.1 Å². The van der Waals surface area contributed by atoms with Crippen LogP contribution in [0.1, 0.15) is 24.9 Å². The summed E-state index contributed by atoms with van der Waals surface area (Å²) < 4.78 is 7.28. The maximum Gasteiger partial charge on any atom is 0.185 e. The molecule has 0 saturated carbocycles. The highest BCUT2D eigenvalue weighted by Gasteiger charge is 2.16. The van der Waals surface area contributed by atoms with Crippen LogP contribution in [0.25, 0.3) is 0 Å². The summed E-state index contributed by atoms with van der Waals surface area (Å²) in [6.45, 7) is 3.14. The molecular formula is C15H22N4OS. The maximum absolute atomic E-state index is 5.48. The van der Waals surface area contributed by atoms with Crippen molar-refractivity contribution >= 4 is 11.8 Å². The average molecular weight is 306 g/mol. The molecule has 1 heterocycles. The molecule has 0 amide bonds. The van der Waals surface area contributed by atoms with E-state index in [1.807, 2.05) is 25.2 Å². The summed E-state index contributed by atoms with van der Waals surface area (Å²) >= 11 is 1.70. The zero-order valence-corrected chi connectivity index (χ0v) is 13.6. The number of hydrogen-bond donors (Lipinski definition) is 1. The summed E-state index contributed by atoms with van der Waals surface area (Å²) in [7, 11) is 3.62. The van der Waals surface area contributed by atoms with E-state index >= 15 is 0 Å². The second-order valence-electron chi connectivity index (χ2n) is 4.73. The molecule has 0 spiro atoms. The van der Waals surface area contributed by atoms with E-state index in [-0.39, 0.29) is 6.04 Å². The van der Waals surface area contributed by atoms with Gasteiger partial charge >= 0.3 is 0 Å². The minimum Gasteiger partial charge on any atom is -0.496 e. The number of ether oxygens (including phenoxy) is 1. The SMILES string of the molecule is CCCNC(CSc1ncnn1C)c1ccccc1OC. The van der Waals surface area contributed by atoms with Crippen LogP contribution in [-0.4, -0.2) is 34.2 Å². The van der Waals surface area contributed by atoms with Crippen LogP contribution in [0.5, 0.6) is 5.75 Å². The molecule has 0 saturated heterocycles. The van der Waals surface area contributed by atoms with Crippen LogP contribution in [0.4, 0.5) is 0 Å². The van der Waals surface area contributed by atoms with Crippen LogP contribution in [0.2, 0.25) is 0 Å². The molecule has 21 heavy (non-hydrogen) atoms. The van der Waals surface area contributed by atoms with Gasteiger partial charge in [-0.15, -0.1) is 0 Å². The first-order valence-electron chi connectivity index (χ1n) is 7.09. The third-order valence-electron chi connectivity index (χ3n) is 3.20. The van der Waals surface area contributed by atoms with Gasteiger partial charge in [0.15, 0.2) is 5.16 Å². The van der Waals surface area contributed by atoms with E-state index in [1.54, 1.807) is 29.9 Å². The van der Waals surface area contributed by atoms with Crippen molar-refractivity contribution in [3.05, 3.63) is 36.2 Å². The Morgan fingerprint density at radius 3 is 2.86 bits per heavy atom. The van der Waals surface area contributed by atoms with Crippen LogP contribution in [0, 0.1) is 0 Å². The molecule has 114 valence electrons. The lowest BCUT2D eigenvalue weighted by atomic mass is 10.1. The standard InChI is InChI=1S/C15H22N4OS/c1-4-9-16-13(10-21-15-17-11-18-19(15)2)12-7-5-6-8-14(12)20-3/h5-8,11,13,16H,4,9-10H2,1-3H3. The van der Waals surface area contributed by atoms with Gasteiger partial charge in [-0.1, -0.05) is 36.9 Å². The van der Waals surface area contributed by atoms with Crippen molar-refractivity contribution in [1.82, 2.24) is 20.1 Å².